The third-order valence-electron chi connectivity index (χ3n) is 4.56. The van der Waals surface area contributed by atoms with Gasteiger partial charge in [0.1, 0.15) is 0 Å². The Balaban J connectivity index is 1.95. The van der Waals surface area contributed by atoms with Gasteiger partial charge in [-0.05, 0) is 42.9 Å². The molecule has 2 nitrogen and oxygen atoms in total. The van der Waals surface area contributed by atoms with Crippen LogP contribution in [0.4, 0.5) is 0 Å². The second-order valence-corrected chi connectivity index (χ2v) is 6.55. The lowest BCUT2D eigenvalue weighted by Gasteiger charge is -2.30. The van der Waals surface area contributed by atoms with Crippen molar-refractivity contribution < 1.29 is 0 Å². The van der Waals surface area contributed by atoms with Gasteiger partial charge < -0.3 is 5.73 Å². The first-order valence-corrected chi connectivity index (χ1v) is 8.20. The quantitative estimate of drug-likeness (QED) is 0.856. The average molecular weight is 274 g/mol. The molecule has 1 aromatic carbocycles. The van der Waals surface area contributed by atoms with Crippen LogP contribution in [-0.4, -0.2) is 24.0 Å². The number of aryl methyl sites for hydroxylation is 1. The highest BCUT2D eigenvalue weighted by Crippen LogP contribution is 2.25. The smallest absolute Gasteiger partial charge is 0.0424 e. The summed E-state index contributed by atoms with van der Waals surface area (Å²) in [5.41, 5.74) is 9.12. The number of nitrogens with zero attached hydrogens (tertiary/aromatic N) is 1. The zero-order chi connectivity index (χ0) is 14.5. The maximum absolute atomic E-state index is 6.42. The number of nitrogens with two attached hydrogens (primary N) is 1. The molecule has 0 spiro atoms. The summed E-state index contributed by atoms with van der Waals surface area (Å²) in [7, 11) is 0. The predicted octanol–water partition coefficient (Wildman–Crippen LogP) is 3.76. The molecule has 1 aliphatic rings. The molecule has 0 amide bonds. The predicted molar refractivity (Wildman–Crippen MR) is 86.8 cm³/mol. The summed E-state index contributed by atoms with van der Waals surface area (Å²) in [6.07, 6.45) is 5.02. The molecule has 2 unspecified atom stereocenters. The molecule has 0 radical (unpaired) electrons. The monoisotopic (exact) mass is 274 g/mol. The fourth-order valence-electron chi connectivity index (χ4n) is 3.41. The second kappa shape index (κ2) is 7.24. The zero-order valence-electron chi connectivity index (χ0n) is 13.3. The minimum absolute atomic E-state index is 0.144. The van der Waals surface area contributed by atoms with Crippen LogP contribution in [0.2, 0.25) is 0 Å². The molecule has 0 bridgehead atoms. The third-order valence-corrected chi connectivity index (χ3v) is 4.56. The van der Waals surface area contributed by atoms with E-state index in [1.807, 2.05) is 0 Å². The number of rotatable bonds is 6. The van der Waals surface area contributed by atoms with E-state index in [1.54, 1.807) is 0 Å². The van der Waals surface area contributed by atoms with Gasteiger partial charge in [-0.1, -0.05) is 51.5 Å². The van der Waals surface area contributed by atoms with Crippen LogP contribution < -0.4 is 5.73 Å². The van der Waals surface area contributed by atoms with Gasteiger partial charge in [0.2, 0.25) is 0 Å². The summed E-state index contributed by atoms with van der Waals surface area (Å²) in [5.74, 6) is 0.733. The first kappa shape index (κ1) is 15.5. The maximum Gasteiger partial charge on any atom is 0.0424 e. The van der Waals surface area contributed by atoms with Crippen LogP contribution in [0.15, 0.2) is 24.3 Å². The molecule has 1 aliphatic heterocycles. The summed E-state index contributed by atoms with van der Waals surface area (Å²) in [4.78, 5) is 2.59. The Morgan fingerprint density at radius 1 is 1.25 bits per heavy atom. The molecule has 1 heterocycles. The zero-order valence-corrected chi connectivity index (χ0v) is 13.3. The van der Waals surface area contributed by atoms with E-state index in [9.17, 15) is 0 Å². The number of hydrogen-bond acceptors (Lipinski definition) is 2. The molecule has 1 saturated heterocycles. The van der Waals surface area contributed by atoms with E-state index in [0.717, 1.165) is 24.9 Å². The lowest BCUT2D eigenvalue weighted by Crippen LogP contribution is -2.38. The van der Waals surface area contributed by atoms with Crippen molar-refractivity contribution in [1.29, 1.82) is 0 Å². The molecule has 1 fully saturated rings. The Kier molecular flexibility index (Phi) is 5.62. The van der Waals surface area contributed by atoms with Crippen molar-refractivity contribution in [2.75, 3.05) is 13.1 Å². The molecule has 2 rings (SSSR count). The highest BCUT2D eigenvalue weighted by atomic mass is 15.2. The van der Waals surface area contributed by atoms with Gasteiger partial charge in [0.05, 0.1) is 0 Å². The summed E-state index contributed by atoms with van der Waals surface area (Å²) in [6.45, 7) is 9.08. The van der Waals surface area contributed by atoms with Gasteiger partial charge in [0.15, 0.2) is 0 Å². The number of benzene rings is 1. The molecule has 1 aromatic rings. The van der Waals surface area contributed by atoms with E-state index in [1.165, 1.54) is 36.9 Å². The van der Waals surface area contributed by atoms with Crippen LogP contribution in [0.25, 0.3) is 0 Å². The van der Waals surface area contributed by atoms with Crippen molar-refractivity contribution in [2.45, 2.75) is 58.5 Å². The van der Waals surface area contributed by atoms with Crippen molar-refractivity contribution in [3.63, 3.8) is 0 Å². The molecule has 0 saturated carbocycles. The molecule has 20 heavy (non-hydrogen) atoms. The van der Waals surface area contributed by atoms with E-state index in [0.29, 0.717) is 0 Å². The van der Waals surface area contributed by atoms with Gasteiger partial charge in [-0.25, -0.2) is 0 Å². The van der Waals surface area contributed by atoms with Crippen LogP contribution in [-0.2, 0) is 6.42 Å². The summed E-state index contributed by atoms with van der Waals surface area (Å²) < 4.78 is 0. The van der Waals surface area contributed by atoms with Crippen LogP contribution in [0.1, 0.15) is 57.2 Å². The van der Waals surface area contributed by atoms with Gasteiger partial charge in [0.25, 0.3) is 0 Å². The fraction of sp³-hybridized carbons (Fsp3) is 0.667. The third kappa shape index (κ3) is 3.83. The second-order valence-electron chi connectivity index (χ2n) is 6.55. The standard InChI is InChI=1S/C18H30N2/c1-4-6-15-8-10-16(11-9-15)17(19)13-20-12-5-7-18(20)14(2)3/h8-11,14,17-18H,4-7,12-13,19H2,1-3H3. The lowest BCUT2D eigenvalue weighted by atomic mass is 10.00. The minimum Gasteiger partial charge on any atom is -0.323 e. The van der Waals surface area contributed by atoms with E-state index in [4.69, 9.17) is 5.73 Å². The van der Waals surface area contributed by atoms with Gasteiger partial charge in [-0.2, -0.15) is 0 Å². The first-order valence-electron chi connectivity index (χ1n) is 8.20. The highest BCUT2D eigenvalue weighted by Gasteiger charge is 2.28. The van der Waals surface area contributed by atoms with Crippen molar-refractivity contribution in [3.05, 3.63) is 35.4 Å². The Morgan fingerprint density at radius 3 is 2.55 bits per heavy atom. The van der Waals surface area contributed by atoms with E-state index in [2.05, 4.69) is 49.9 Å². The van der Waals surface area contributed by atoms with E-state index >= 15 is 0 Å². The highest BCUT2D eigenvalue weighted by molar-refractivity contribution is 5.25. The molecule has 0 aliphatic carbocycles. The van der Waals surface area contributed by atoms with Gasteiger partial charge in [0, 0.05) is 18.6 Å². The molecular formula is C18H30N2. The molecule has 2 N–H and O–H groups in total. The van der Waals surface area contributed by atoms with Crippen LogP contribution in [0, 0.1) is 5.92 Å². The summed E-state index contributed by atoms with van der Waals surface area (Å²) in [6, 6.07) is 9.78. The van der Waals surface area contributed by atoms with E-state index in [-0.39, 0.29) is 6.04 Å². The van der Waals surface area contributed by atoms with Crippen molar-refractivity contribution in [2.24, 2.45) is 11.7 Å². The Morgan fingerprint density at radius 2 is 1.95 bits per heavy atom. The molecule has 2 heteroatoms. The van der Waals surface area contributed by atoms with Crippen molar-refractivity contribution in [1.82, 2.24) is 4.90 Å². The Bertz CT molecular complexity index is 396. The summed E-state index contributed by atoms with van der Waals surface area (Å²) >= 11 is 0. The van der Waals surface area contributed by atoms with Gasteiger partial charge in [-0.3, -0.25) is 4.90 Å². The van der Waals surface area contributed by atoms with Crippen LogP contribution in [0.3, 0.4) is 0 Å². The van der Waals surface area contributed by atoms with Crippen molar-refractivity contribution >= 4 is 0 Å². The fourth-order valence-corrected chi connectivity index (χ4v) is 3.41. The van der Waals surface area contributed by atoms with E-state index < -0.39 is 0 Å². The van der Waals surface area contributed by atoms with Gasteiger partial charge >= 0.3 is 0 Å². The molecule has 0 aromatic heterocycles. The Labute approximate surface area is 124 Å². The topological polar surface area (TPSA) is 29.3 Å². The van der Waals surface area contributed by atoms with Gasteiger partial charge in [-0.15, -0.1) is 0 Å². The largest absolute Gasteiger partial charge is 0.323 e. The molecule has 2 atom stereocenters. The van der Waals surface area contributed by atoms with Crippen LogP contribution in [0.5, 0.6) is 0 Å². The SMILES string of the molecule is CCCc1ccc(C(N)CN2CCCC2C(C)C)cc1. The maximum atomic E-state index is 6.42. The minimum atomic E-state index is 0.144. The number of likely N-dealkylation sites (tertiary alicyclic amines) is 1. The van der Waals surface area contributed by atoms with Crippen molar-refractivity contribution in [3.8, 4) is 0 Å². The Hall–Kier alpha value is -0.860. The molecule has 112 valence electrons. The summed E-state index contributed by atoms with van der Waals surface area (Å²) in [5, 5.41) is 0. The lowest BCUT2D eigenvalue weighted by molar-refractivity contribution is 0.196. The molecular weight excluding hydrogens is 244 g/mol. The number of hydrogen-bond donors (Lipinski definition) is 1. The van der Waals surface area contributed by atoms with Crippen LogP contribution >= 0.6 is 0 Å². The first-order chi connectivity index (χ1) is 9.61. The normalized spacial score (nSPS) is 21.6. The average Bonchev–Trinajstić information content (AvgIpc) is 2.88.